The average Bonchev–Trinajstić information content (AvgIpc) is 3.29. The number of nitrogens with zero attached hydrogens (tertiary/aromatic N) is 3. The molecule has 2 aromatic heterocycles. The normalized spacial score (nSPS) is 11.8. The minimum atomic E-state index is -4.93. The molecule has 0 atom stereocenters. The number of nitrogen functional groups attached to an aromatic ring is 1. The standard InChI is InChI=1S/C27H33ClN5O7P/c1-2-3-7-22-32-24-25(33(22)16-18-5-4-6-21(34)26(18)40-41(36,37)38)19-9-8-17(14-20(19)31-27(24)29)10-12-39-13-11-30-23(35)15-28/h4-6,8-9,14,34H,2-3,7,10-13,15-16H2,1H3,(H2,29,31)(H,30,35)(H2,36,37,38). The fraction of sp³-hybridized carbons (Fsp3) is 0.370. The van der Waals surface area contributed by atoms with Gasteiger partial charge in [-0.15, -0.1) is 11.6 Å². The maximum absolute atomic E-state index is 11.6. The molecule has 0 saturated carbocycles. The SMILES string of the molecule is CCCCc1nc2c(N)nc3cc(CCOCCNC(=O)CCl)ccc3c2n1Cc1cccc(O)c1OP(=O)(O)O. The smallest absolute Gasteiger partial charge is 0.504 e. The molecular weight excluding hydrogens is 573 g/mol. The van der Waals surface area contributed by atoms with Crippen LogP contribution in [-0.2, 0) is 33.5 Å². The van der Waals surface area contributed by atoms with E-state index in [1.807, 2.05) is 22.8 Å². The second-order valence-corrected chi connectivity index (χ2v) is 10.9. The number of carbonyl (C=O) groups is 1. The summed E-state index contributed by atoms with van der Waals surface area (Å²) in [6.07, 6.45) is 3.05. The van der Waals surface area contributed by atoms with Crippen LogP contribution in [0, 0.1) is 0 Å². The summed E-state index contributed by atoms with van der Waals surface area (Å²) in [5.74, 6) is -0.0199. The van der Waals surface area contributed by atoms with Gasteiger partial charge >= 0.3 is 7.82 Å². The fourth-order valence-electron chi connectivity index (χ4n) is 4.55. The Hall–Kier alpha value is -3.41. The molecule has 2 aromatic carbocycles. The Morgan fingerprint density at radius 1 is 1.17 bits per heavy atom. The monoisotopic (exact) mass is 605 g/mol. The first kappa shape index (κ1) is 30.5. The van der Waals surface area contributed by atoms with Crippen molar-refractivity contribution in [3.8, 4) is 11.5 Å². The van der Waals surface area contributed by atoms with Crippen molar-refractivity contribution in [2.24, 2.45) is 0 Å². The third-order valence-electron chi connectivity index (χ3n) is 6.44. The number of nitrogens with one attached hydrogen (secondary N) is 1. The number of fused-ring (bicyclic) bond motifs is 3. The first-order valence-corrected chi connectivity index (χ1v) is 15.2. The van der Waals surface area contributed by atoms with Gasteiger partial charge in [-0.3, -0.25) is 14.6 Å². The zero-order valence-corrected chi connectivity index (χ0v) is 24.2. The molecule has 0 saturated heterocycles. The fourth-order valence-corrected chi connectivity index (χ4v) is 5.09. The van der Waals surface area contributed by atoms with Gasteiger partial charge in [-0.05, 0) is 30.5 Å². The number of hydrogen-bond acceptors (Lipinski definition) is 8. The number of halogens is 1. The van der Waals surface area contributed by atoms with Crippen LogP contribution in [0.25, 0.3) is 21.9 Å². The van der Waals surface area contributed by atoms with Crippen molar-refractivity contribution < 1.29 is 33.5 Å². The number of hydrogen-bond donors (Lipinski definition) is 5. The average molecular weight is 606 g/mol. The van der Waals surface area contributed by atoms with E-state index in [0.29, 0.717) is 49.2 Å². The molecule has 1 amide bonds. The van der Waals surface area contributed by atoms with Crippen molar-refractivity contribution in [3.05, 3.63) is 53.3 Å². The predicted octanol–water partition coefficient (Wildman–Crippen LogP) is 3.65. The van der Waals surface area contributed by atoms with Gasteiger partial charge in [-0.2, -0.15) is 0 Å². The number of unbranched alkanes of at least 4 members (excludes halogenated alkanes) is 1. The molecule has 0 radical (unpaired) electrons. The number of aryl methyl sites for hydroxylation is 1. The lowest BCUT2D eigenvalue weighted by molar-refractivity contribution is -0.118. The van der Waals surface area contributed by atoms with Crippen LogP contribution in [0.1, 0.15) is 36.7 Å². The Morgan fingerprint density at radius 2 is 1.98 bits per heavy atom. The molecule has 0 bridgehead atoms. The molecule has 4 rings (SSSR count). The topological polar surface area (TPSA) is 182 Å². The number of phosphoric acid groups is 1. The highest BCUT2D eigenvalue weighted by Crippen LogP contribution is 2.44. The van der Waals surface area contributed by atoms with E-state index < -0.39 is 7.82 Å². The van der Waals surface area contributed by atoms with Crippen molar-refractivity contribution in [2.75, 3.05) is 31.4 Å². The summed E-state index contributed by atoms with van der Waals surface area (Å²) >= 11 is 5.46. The minimum Gasteiger partial charge on any atom is -0.504 e. The van der Waals surface area contributed by atoms with Crippen molar-refractivity contribution >= 4 is 53.1 Å². The number of nitrogens with two attached hydrogens (primary N) is 1. The lowest BCUT2D eigenvalue weighted by atomic mass is 10.1. The molecule has 0 fully saturated rings. The van der Waals surface area contributed by atoms with Gasteiger partial charge in [-0.1, -0.05) is 37.6 Å². The van der Waals surface area contributed by atoms with Gasteiger partial charge in [0.05, 0.1) is 30.8 Å². The molecule has 4 aromatic rings. The maximum Gasteiger partial charge on any atom is 0.524 e. The summed E-state index contributed by atoms with van der Waals surface area (Å²) in [5, 5.41) is 13.8. The highest BCUT2D eigenvalue weighted by atomic mass is 35.5. The number of phenolic OH excluding ortho intramolecular Hbond substituents is 1. The van der Waals surface area contributed by atoms with Crippen LogP contribution < -0.4 is 15.6 Å². The number of para-hydroxylation sites is 1. The van der Waals surface area contributed by atoms with Crippen LogP contribution in [0.3, 0.4) is 0 Å². The number of carbonyl (C=O) groups excluding carboxylic acids is 1. The van der Waals surface area contributed by atoms with Crippen molar-refractivity contribution in [1.82, 2.24) is 19.9 Å². The van der Waals surface area contributed by atoms with Crippen LogP contribution in [-0.4, -0.2) is 61.0 Å². The highest BCUT2D eigenvalue weighted by Gasteiger charge is 2.24. The molecule has 0 aliphatic carbocycles. The van der Waals surface area contributed by atoms with E-state index in [1.165, 1.54) is 6.07 Å². The predicted molar refractivity (Wildman–Crippen MR) is 156 cm³/mol. The summed E-state index contributed by atoms with van der Waals surface area (Å²) in [7, 11) is -4.93. The Balaban J connectivity index is 1.69. The first-order valence-electron chi connectivity index (χ1n) is 13.1. The summed E-state index contributed by atoms with van der Waals surface area (Å²) in [6.45, 7) is 3.38. The largest absolute Gasteiger partial charge is 0.524 e. The number of benzene rings is 2. The Kier molecular flexibility index (Phi) is 10.1. The molecule has 0 aliphatic rings. The zero-order chi connectivity index (χ0) is 29.6. The van der Waals surface area contributed by atoms with E-state index in [1.54, 1.807) is 12.1 Å². The maximum atomic E-state index is 11.6. The number of aromatic nitrogens is 3. The van der Waals surface area contributed by atoms with Gasteiger partial charge in [0.15, 0.2) is 17.3 Å². The molecule has 0 aliphatic heterocycles. The lowest BCUT2D eigenvalue weighted by Gasteiger charge is -2.16. The van der Waals surface area contributed by atoms with Crippen molar-refractivity contribution in [1.29, 1.82) is 0 Å². The van der Waals surface area contributed by atoms with Crippen LogP contribution in [0.15, 0.2) is 36.4 Å². The number of phenols is 1. The third kappa shape index (κ3) is 7.66. The molecule has 0 unspecified atom stereocenters. The molecule has 12 nitrogen and oxygen atoms in total. The summed E-state index contributed by atoms with van der Waals surface area (Å²) in [6, 6.07) is 10.4. The van der Waals surface area contributed by atoms with Crippen molar-refractivity contribution in [3.63, 3.8) is 0 Å². The number of alkyl halides is 1. The quantitative estimate of drug-likeness (QED) is 0.0808. The first-order chi connectivity index (χ1) is 19.6. The van der Waals surface area contributed by atoms with Crippen molar-refractivity contribution in [2.45, 2.75) is 39.2 Å². The van der Waals surface area contributed by atoms with Crippen LogP contribution >= 0.6 is 19.4 Å². The van der Waals surface area contributed by atoms with Gasteiger partial charge in [0, 0.05) is 23.9 Å². The Labute approximate surface area is 241 Å². The number of anilines is 1. The van der Waals surface area contributed by atoms with E-state index >= 15 is 0 Å². The summed E-state index contributed by atoms with van der Waals surface area (Å²) in [5.41, 5.74) is 9.64. The van der Waals surface area contributed by atoms with E-state index in [2.05, 4.69) is 17.2 Å². The number of pyridine rings is 1. The summed E-state index contributed by atoms with van der Waals surface area (Å²) in [4.78, 5) is 39.5. The number of amides is 1. The van der Waals surface area contributed by atoms with Gasteiger partial charge in [0.2, 0.25) is 5.91 Å². The second-order valence-electron chi connectivity index (χ2n) is 9.46. The van der Waals surface area contributed by atoms with Gasteiger partial charge in [0.1, 0.15) is 17.2 Å². The van der Waals surface area contributed by atoms with E-state index in [9.17, 15) is 24.3 Å². The number of phosphoric ester groups is 1. The molecule has 14 heteroatoms. The number of rotatable bonds is 14. The van der Waals surface area contributed by atoms with Crippen LogP contribution in [0.2, 0.25) is 0 Å². The third-order valence-corrected chi connectivity index (χ3v) is 7.10. The molecule has 41 heavy (non-hydrogen) atoms. The van der Waals surface area contributed by atoms with Gasteiger partial charge in [0.25, 0.3) is 0 Å². The molecule has 6 N–H and O–H groups in total. The molecule has 220 valence electrons. The van der Waals surface area contributed by atoms with E-state index in [4.69, 9.17) is 31.6 Å². The molecule has 0 spiro atoms. The number of ether oxygens (including phenoxy) is 1. The highest BCUT2D eigenvalue weighted by molar-refractivity contribution is 7.46. The molecule has 2 heterocycles. The van der Waals surface area contributed by atoms with E-state index in [-0.39, 0.29) is 35.6 Å². The van der Waals surface area contributed by atoms with Crippen LogP contribution in [0.5, 0.6) is 11.5 Å². The lowest BCUT2D eigenvalue weighted by Crippen LogP contribution is -2.28. The molecular formula is C27H33ClN5O7P. The minimum absolute atomic E-state index is 0.0876. The second kappa shape index (κ2) is 13.5. The number of imidazole rings is 1. The summed E-state index contributed by atoms with van der Waals surface area (Å²) < 4.78 is 24.0. The Morgan fingerprint density at radius 3 is 2.71 bits per heavy atom. The van der Waals surface area contributed by atoms with Crippen LogP contribution in [0.4, 0.5) is 5.82 Å². The zero-order valence-electron chi connectivity index (χ0n) is 22.5. The van der Waals surface area contributed by atoms with E-state index in [0.717, 1.165) is 35.1 Å². The van der Waals surface area contributed by atoms with Gasteiger partial charge in [-0.25, -0.2) is 14.5 Å². The van der Waals surface area contributed by atoms with Gasteiger partial charge < -0.3 is 30.0 Å². The Bertz CT molecular complexity index is 1590. The number of aromatic hydroxyl groups is 1.